The number of rotatable bonds is 7. The highest BCUT2D eigenvalue weighted by Gasteiger charge is 2.56. The third-order valence-corrected chi connectivity index (χ3v) is 11.0. The fraction of sp³-hybridized carbons (Fsp3) is 0.657. The molecule has 2 aliphatic heterocycles. The van der Waals surface area contributed by atoms with E-state index in [9.17, 15) is 4.79 Å². The molecular formula is C35H50N8O. The summed E-state index contributed by atoms with van der Waals surface area (Å²) in [4.78, 5) is 34.3. The number of hydrogen-bond acceptors (Lipinski definition) is 7. The summed E-state index contributed by atoms with van der Waals surface area (Å²) in [6.07, 6.45) is 14.9. The number of fused-ring (bicyclic) bond motifs is 1. The molecule has 4 fully saturated rings. The van der Waals surface area contributed by atoms with Gasteiger partial charge < -0.3 is 19.7 Å². The number of anilines is 2. The van der Waals surface area contributed by atoms with Crippen molar-refractivity contribution in [1.29, 1.82) is 0 Å². The highest BCUT2D eigenvalue weighted by Crippen LogP contribution is 2.53. The van der Waals surface area contributed by atoms with Crippen molar-refractivity contribution in [3.63, 3.8) is 0 Å². The van der Waals surface area contributed by atoms with E-state index in [1.807, 2.05) is 18.5 Å². The van der Waals surface area contributed by atoms with Gasteiger partial charge in [-0.1, -0.05) is 18.9 Å². The maximum Gasteiger partial charge on any atom is 0.270 e. The lowest BCUT2D eigenvalue weighted by atomic mass is 9.60. The van der Waals surface area contributed by atoms with Crippen LogP contribution in [-0.2, 0) is 0 Å². The lowest BCUT2D eigenvalue weighted by Crippen LogP contribution is -2.72. The number of carbonyl (C=O) groups excluding carboxylic acids is 1. The van der Waals surface area contributed by atoms with Crippen LogP contribution < -0.4 is 5.32 Å². The van der Waals surface area contributed by atoms with Gasteiger partial charge in [-0.25, -0.2) is 9.97 Å². The first-order valence-corrected chi connectivity index (χ1v) is 16.9. The van der Waals surface area contributed by atoms with Crippen molar-refractivity contribution < 1.29 is 4.79 Å². The molecule has 0 radical (unpaired) electrons. The van der Waals surface area contributed by atoms with Gasteiger partial charge in [-0.15, -0.1) is 0 Å². The molecule has 44 heavy (non-hydrogen) atoms. The van der Waals surface area contributed by atoms with E-state index in [2.05, 4.69) is 57.6 Å². The number of carbonyl (C=O) groups is 1. The van der Waals surface area contributed by atoms with E-state index < -0.39 is 0 Å². The second-order valence-corrected chi connectivity index (χ2v) is 15.3. The molecule has 2 aliphatic carbocycles. The zero-order valence-corrected chi connectivity index (χ0v) is 27.3. The fourth-order valence-corrected chi connectivity index (χ4v) is 8.80. The summed E-state index contributed by atoms with van der Waals surface area (Å²) in [5.41, 5.74) is 3.66. The highest BCUT2D eigenvalue weighted by atomic mass is 16.2. The summed E-state index contributed by atoms with van der Waals surface area (Å²) in [6, 6.07) is 6.51. The number of amides is 1. The topological polar surface area (TPSA) is 82.4 Å². The van der Waals surface area contributed by atoms with Crippen LogP contribution in [-0.4, -0.2) is 91.5 Å². The molecule has 0 unspecified atom stereocenters. The van der Waals surface area contributed by atoms with E-state index in [1.54, 1.807) is 19.0 Å². The molecule has 0 aromatic carbocycles. The Morgan fingerprint density at radius 1 is 1.02 bits per heavy atom. The number of piperidine rings is 1. The quantitative estimate of drug-likeness (QED) is 0.346. The Balaban J connectivity index is 0.956. The monoisotopic (exact) mass is 598 g/mol. The molecule has 3 aromatic rings. The van der Waals surface area contributed by atoms with Gasteiger partial charge in [-0.3, -0.25) is 9.69 Å². The molecular weight excluding hydrogens is 548 g/mol. The molecule has 1 N–H and O–H groups in total. The Kier molecular flexibility index (Phi) is 7.68. The van der Waals surface area contributed by atoms with Crippen molar-refractivity contribution >= 4 is 28.7 Å². The van der Waals surface area contributed by atoms with Crippen molar-refractivity contribution in [2.75, 3.05) is 45.6 Å². The summed E-state index contributed by atoms with van der Waals surface area (Å²) in [5.74, 6) is 2.70. The zero-order valence-electron chi connectivity index (χ0n) is 27.3. The van der Waals surface area contributed by atoms with Gasteiger partial charge in [0.1, 0.15) is 17.2 Å². The summed E-state index contributed by atoms with van der Waals surface area (Å²) in [7, 11) is 3.60. The predicted octanol–water partition coefficient (Wildman–Crippen LogP) is 6.22. The first kappa shape index (κ1) is 29.7. The van der Waals surface area contributed by atoms with E-state index in [1.165, 1.54) is 76.7 Å². The highest BCUT2D eigenvalue weighted by molar-refractivity contribution is 5.97. The molecule has 9 heteroatoms. The van der Waals surface area contributed by atoms with Crippen LogP contribution in [0.5, 0.6) is 0 Å². The maximum absolute atomic E-state index is 13.0. The third kappa shape index (κ3) is 5.51. The molecule has 0 atom stereocenters. The van der Waals surface area contributed by atoms with Gasteiger partial charge in [-0.05, 0) is 108 Å². The lowest BCUT2D eigenvalue weighted by molar-refractivity contribution is -0.153. The van der Waals surface area contributed by atoms with Gasteiger partial charge in [0.05, 0.1) is 0 Å². The second kappa shape index (κ2) is 11.4. The number of aromatic nitrogens is 4. The van der Waals surface area contributed by atoms with E-state index in [-0.39, 0.29) is 5.91 Å². The van der Waals surface area contributed by atoms with Gasteiger partial charge in [-0.2, -0.15) is 4.98 Å². The Morgan fingerprint density at radius 2 is 1.77 bits per heavy atom. The summed E-state index contributed by atoms with van der Waals surface area (Å²) in [6.45, 7) is 12.0. The summed E-state index contributed by atoms with van der Waals surface area (Å²) < 4.78 is 2.15. The molecule has 7 rings (SSSR count). The predicted molar refractivity (Wildman–Crippen MR) is 176 cm³/mol. The molecule has 2 saturated carbocycles. The van der Waals surface area contributed by atoms with Crippen molar-refractivity contribution in [3.8, 4) is 0 Å². The van der Waals surface area contributed by atoms with Crippen molar-refractivity contribution in [2.45, 2.75) is 102 Å². The van der Waals surface area contributed by atoms with Crippen LogP contribution in [0.25, 0.3) is 11.0 Å². The van der Waals surface area contributed by atoms with Gasteiger partial charge >= 0.3 is 0 Å². The number of likely N-dealkylation sites (tertiary alicyclic amines) is 2. The van der Waals surface area contributed by atoms with Gasteiger partial charge in [0, 0.05) is 62.1 Å². The Labute approximate surface area is 262 Å². The maximum atomic E-state index is 13.0. The van der Waals surface area contributed by atoms with E-state index in [0.29, 0.717) is 34.7 Å². The van der Waals surface area contributed by atoms with E-state index in [4.69, 9.17) is 9.97 Å². The Morgan fingerprint density at radius 3 is 2.39 bits per heavy atom. The smallest absolute Gasteiger partial charge is 0.270 e. The average molecular weight is 599 g/mol. The van der Waals surface area contributed by atoms with E-state index in [0.717, 1.165) is 35.6 Å². The molecule has 5 heterocycles. The summed E-state index contributed by atoms with van der Waals surface area (Å²) in [5, 5.41) is 4.22. The van der Waals surface area contributed by atoms with Crippen LogP contribution in [0.15, 0.2) is 30.6 Å². The molecule has 1 amide bonds. The van der Waals surface area contributed by atoms with Crippen LogP contribution in [0, 0.1) is 5.92 Å². The number of pyridine rings is 1. The second-order valence-electron chi connectivity index (χ2n) is 15.3. The van der Waals surface area contributed by atoms with Crippen LogP contribution in [0.4, 0.5) is 11.8 Å². The molecule has 236 valence electrons. The minimum atomic E-state index is 0.00466. The Hall–Kier alpha value is -3.04. The van der Waals surface area contributed by atoms with Crippen molar-refractivity contribution in [3.05, 3.63) is 41.9 Å². The molecule has 3 aromatic heterocycles. The van der Waals surface area contributed by atoms with Gasteiger partial charge in [0.25, 0.3) is 5.91 Å². The largest absolute Gasteiger partial charge is 0.343 e. The minimum Gasteiger partial charge on any atom is -0.343 e. The molecule has 4 aliphatic rings. The third-order valence-electron chi connectivity index (χ3n) is 11.0. The standard InChI is InChI=1S/C35H50N8O/c1-34(2,3)42-17-14-35(42)19-24(20-35)23-41-15-12-25(13-16-41)26-10-11-30(36-21-26)38-33-37-22-27-18-29(32(44)40(4)5)43(31(27)39-33)28-8-6-7-9-28/h10-11,18,21-22,24-25,28H,6-9,12-17,19-20,23H2,1-5H3,(H,36,37,38,39). The van der Waals surface area contributed by atoms with Crippen molar-refractivity contribution in [1.82, 2.24) is 34.2 Å². The summed E-state index contributed by atoms with van der Waals surface area (Å²) >= 11 is 0. The first-order valence-electron chi connectivity index (χ1n) is 16.9. The zero-order chi connectivity index (χ0) is 30.6. The SMILES string of the molecule is CN(C)C(=O)c1cc2cnc(Nc3ccc(C4CCN(CC5CC6(CCN6C(C)(C)C)C5)CC4)cn3)nc2n1C1CCCC1. The number of nitrogens with zero attached hydrogens (tertiary/aromatic N) is 7. The first-order chi connectivity index (χ1) is 21.1. The molecule has 1 spiro atoms. The average Bonchev–Trinajstić information content (AvgIpc) is 3.61. The van der Waals surface area contributed by atoms with Crippen LogP contribution in [0.1, 0.15) is 107 Å². The molecule has 9 nitrogen and oxygen atoms in total. The van der Waals surface area contributed by atoms with E-state index >= 15 is 0 Å². The lowest BCUT2D eigenvalue weighted by Gasteiger charge is -2.66. The normalized spacial score (nSPS) is 25.3. The molecule has 0 bridgehead atoms. The fourth-order valence-electron chi connectivity index (χ4n) is 8.80. The number of hydrogen-bond donors (Lipinski definition) is 1. The van der Waals surface area contributed by atoms with Crippen LogP contribution in [0.2, 0.25) is 0 Å². The van der Waals surface area contributed by atoms with Crippen LogP contribution in [0.3, 0.4) is 0 Å². The van der Waals surface area contributed by atoms with Crippen molar-refractivity contribution in [2.24, 2.45) is 5.92 Å². The number of nitrogens with one attached hydrogen (secondary N) is 1. The minimum absolute atomic E-state index is 0.00466. The van der Waals surface area contributed by atoms with Gasteiger partial charge in [0.15, 0.2) is 0 Å². The van der Waals surface area contributed by atoms with Gasteiger partial charge in [0.2, 0.25) is 5.95 Å². The Bertz CT molecular complexity index is 1490. The van der Waals surface area contributed by atoms with Crippen LogP contribution >= 0.6 is 0 Å². The molecule has 2 saturated heterocycles.